The maximum atomic E-state index is 14.0. The summed E-state index contributed by atoms with van der Waals surface area (Å²) in [4.78, 5) is 41.0. The highest BCUT2D eigenvalue weighted by molar-refractivity contribution is 5.94. The van der Waals surface area contributed by atoms with E-state index in [1.807, 2.05) is 19.2 Å². The van der Waals surface area contributed by atoms with Crippen LogP contribution >= 0.6 is 0 Å². The molecule has 1 spiro atoms. The van der Waals surface area contributed by atoms with Gasteiger partial charge in [0.15, 0.2) is 0 Å². The van der Waals surface area contributed by atoms with Gasteiger partial charge in [-0.2, -0.15) is 18.4 Å². The minimum absolute atomic E-state index is 0.0512. The molecule has 10 nitrogen and oxygen atoms in total. The normalized spacial score (nSPS) is 35.0. The van der Waals surface area contributed by atoms with Crippen LogP contribution in [0.4, 0.5) is 13.2 Å². The summed E-state index contributed by atoms with van der Waals surface area (Å²) in [7, 11) is 0. The molecule has 42 heavy (non-hydrogen) atoms. The molecule has 232 valence electrons. The molecule has 0 aromatic carbocycles. The smallest absolute Gasteiger partial charge is 0.378 e. The third kappa shape index (κ3) is 5.28. The Labute approximate surface area is 243 Å². The molecule has 4 N–H and O–H groups in total. The lowest BCUT2D eigenvalue weighted by Gasteiger charge is -2.36. The van der Waals surface area contributed by atoms with Gasteiger partial charge in [-0.3, -0.25) is 19.7 Å². The van der Waals surface area contributed by atoms with Crippen LogP contribution in [-0.4, -0.2) is 82.0 Å². The summed E-state index contributed by atoms with van der Waals surface area (Å²) < 4.78 is 46.1. The molecule has 0 aromatic rings. The van der Waals surface area contributed by atoms with E-state index in [1.54, 1.807) is 0 Å². The molecule has 1 unspecified atom stereocenters. The standard InChI is InChI=1S/C29H40F3N5O5/c1-14(42-28(8-9-28)16-4-5-16)20(35-25(41)29(30,31)32)24(40)37-13-18-19(26(18,2)3)21(37)23(39)34-17(12-33)10-15-11-27(6-7-27)36-22(15)38/h14-22,36,38H,4-11,13H2,1-3H3,(H,34,39)(H,35,41)/t14-,15-,17+,18+,19+,20+,21+,22?/m1/s1. The summed E-state index contributed by atoms with van der Waals surface area (Å²) >= 11 is 0. The predicted octanol–water partition coefficient (Wildman–Crippen LogP) is 1.72. The lowest BCUT2D eigenvalue weighted by molar-refractivity contribution is -0.177. The molecule has 0 bridgehead atoms. The van der Waals surface area contributed by atoms with E-state index in [0.29, 0.717) is 12.3 Å². The van der Waals surface area contributed by atoms with E-state index in [1.165, 1.54) is 11.8 Å². The number of nitriles is 1. The van der Waals surface area contributed by atoms with E-state index < -0.39 is 60.0 Å². The van der Waals surface area contributed by atoms with Gasteiger partial charge in [0.1, 0.15) is 24.4 Å². The number of aliphatic hydroxyl groups is 1. The van der Waals surface area contributed by atoms with E-state index in [2.05, 4.69) is 16.7 Å². The number of hydrogen-bond donors (Lipinski definition) is 4. The number of aliphatic hydroxyl groups excluding tert-OH is 1. The third-order valence-corrected chi connectivity index (χ3v) is 10.9. The molecule has 0 radical (unpaired) electrons. The maximum absolute atomic E-state index is 14.0. The Morgan fingerprint density at radius 3 is 2.36 bits per heavy atom. The van der Waals surface area contributed by atoms with Gasteiger partial charge >= 0.3 is 12.1 Å². The Morgan fingerprint density at radius 2 is 1.83 bits per heavy atom. The minimum atomic E-state index is -5.20. The first-order valence-corrected chi connectivity index (χ1v) is 15.1. The molecule has 2 heterocycles. The van der Waals surface area contributed by atoms with Crippen molar-refractivity contribution >= 4 is 17.7 Å². The lowest BCUT2D eigenvalue weighted by Crippen LogP contribution is -2.61. The van der Waals surface area contributed by atoms with Gasteiger partial charge in [0.2, 0.25) is 11.8 Å². The summed E-state index contributed by atoms with van der Waals surface area (Å²) in [5.74, 6) is -3.80. The molecule has 6 fully saturated rings. The van der Waals surface area contributed by atoms with Crippen molar-refractivity contribution < 1.29 is 37.4 Å². The van der Waals surface area contributed by atoms with Crippen molar-refractivity contribution in [1.82, 2.24) is 20.9 Å². The molecular weight excluding hydrogens is 555 g/mol. The summed E-state index contributed by atoms with van der Waals surface area (Å²) in [6, 6.07) is -1.45. The molecule has 4 saturated carbocycles. The fourth-order valence-electron chi connectivity index (χ4n) is 7.91. The molecule has 0 aromatic heterocycles. The van der Waals surface area contributed by atoms with Crippen LogP contribution in [0.3, 0.4) is 0 Å². The number of piperidine rings is 1. The number of alkyl halides is 3. The van der Waals surface area contributed by atoms with Crippen LogP contribution in [0.25, 0.3) is 0 Å². The van der Waals surface area contributed by atoms with Gasteiger partial charge in [-0.25, -0.2) is 0 Å². The maximum Gasteiger partial charge on any atom is 0.471 e. The number of nitrogens with zero attached hydrogens (tertiary/aromatic N) is 2. The monoisotopic (exact) mass is 595 g/mol. The quantitative estimate of drug-likeness (QED) is 0.301. The van der Waals surface area contributed by atoms with Gasteiger partial charge in [-0.1, -0.05) is 13.8 Å². The fraction of sp³-hybridized carbons (Fsp3) is 0.862. The van der Waals surface area contributed by atoms with Crippen molar-refractivity contribution in [1.29, 1.82) is 5.26 Å². The first-order valence-electron chi connectivity index (χ1n) is 15.1. The van der Waals surface area contributed by atoms with Crippen LogP contribution in [0, 0.1) is 40.4 Å². The predicted molar refractivity (Wildman–Crippen MR) is 141 cm³/mol. The van der Waals surface area contributed by atoms with Gasteiger partial charge in [-0.15, -0.1) is 0 Å². The van der Waals surface area contributed by atoms with Gasteiger partial charge < -0.3 is 25.4 Å². The van der Waals surface area contributed by atoms with Crippen LogP contribution in [0.1, 0.15) is 72.1 Å². The summed E-state index contributed by atoms with van der Waals surface area (Å²) in [6.07, 6.45) is -0.741. The summed E-state index contributed by atoms with van der Waals surface area (Å²) in [5, 5.41) is 28.1. The number of amides is 3. The number of rotatable bonds is 10. The van der Waals surface area contributed by atoms with E-state index >= 15 is 0 Å². The highest BCUT2D eigenvalue weighted by atomic mass is 19.4. The van der Waals surface area contributed by atoms with E-state index in [9.17, 15) is 37.9 Å². The van der Waals surface area contributed by atoms with Crippen molar-refractivity contribution in [3.8, 4) is 6.07 Å². The molecule has 2 aliphatic heterocycles. The number of fused-ring (bicyclic) bond motifs is 1. The molecule has 6 aliphatic rings. The van der Waals surface area contributed by atoms with E-state index in [-0.39, 0.29) is 41.7 Å². The molecule has 2 saturated heterocycles. The zero-order chi connectivity index (χ0) is 30.4. The Balaban J connectivity index is 1.19. The first-order chi connectivity index (χ1) is 19.6. The topological polar surface area (TPSA) is 144 Å². The zero-order valence-electron chi connectivity index (χ0n) is 24.2. The Bertz CT molecular complexity index is 1190. The summed E-state index contributed by atoms with van der Waals surface area (Å²) in [6.45, 7) is 5.60. The van der Waals surface area contributed by atoms with Gasteiger partial charge in [0, 0.05) is 18.0 Å². The van der Waals surface area contributed by atoms with Crippen molar-refractivity contribution in [3.63, 3.8) is 0 Å². The van der Waals surface area contributed by atoms with E-state index in [0.717, 1.165) is 38.5 Å². The number of hydrogen-bond acceptors (Lipinski definition) is 7. The zero-order valence-corrected chi connectivity index (χ0v) is 24.2. The lowest BCUT2D eigenvalue weighted by atomic mass is 9.94. The second-order valence-electron chi connectivity index (χ2n) is 14.3. The number of likely N-dealkylation sites (tertiary alicyclic amines) is 1. The molecule has 6 rings (SSSR count). The van der Waals surface area contributed by atoms with Gasteiger partial charge in [-0.05, 0) is 81.5 Å². The van der Waals surface area contributed by atoms with Crippen LogP contribution in [0.5, 0.6) is 0 Å². The van der Waals surface area contributed by atoms with Crippen LogP contribution < -0.4 is 16.0 Å². The van der Waals surface area contributed by atoms with Crippen molar-refractivity contribution in [2.45, 2.75) is 120 Å². The number of halogens is 3. The van der Waals surface area contributed by atoms with E-state index in [4.69, 9.17) is 4.74 Å². The number of ether oxygens (including phenoxy) is 1. The summed E-state index contributed by atoms with van der Waals surface area (Å²) in [5.41, 5.74) is -0.825. The second kappa shape index (κ2) is 9.79. The fourth-order valence-corrected chi connectivity index (χ4v) is 7.91. The molecule has 13 heteroatoms. The van der Waals surface area contributed by atoms with Crippen LogP contribution in [0.15, 0.2) is 0 Å². The second-order valence-corrected chi connectivity index (χ2v) is 14.3. The SMILES string of the molecule is C[C@@H](OC1(C2CC2)CC1)[C@H](NC(=O)C(F)(F)F)C(=O)N1C[C@H]2[C@@H]([C@H]1C(=O)N[C@H](C#N)C[C@@H]1CC3(CC3)NC1O)C2(C)C. The number of carbonyl (C=O) groups excluding carboxylic acids is 3. The largest absolute Gasteiger partial charge is 0.471 e. The minimum Gasteiger partial charge on any atom is -0.378 e. The Morgan fingerprint density at radius 1 is 1.17 bits per heavy atom. The van der Waals surface area contributed by atoms with Crippen LogP contribution in [0.2, 0.25) is 0 Å². The van der Waals surface area contributed by atoms with Crippen LogP contribution in [-0.2, 0) is 19.1 Å². The molecule has 3 amide bonds. The highest BCUT2D eigenvalue weighted by Crippen LogP contribution is 2.65. The van der Waals surface area contributed by atoms with Gasteiger partial charge in [0.25, 0.3) is 0 Å². The average molecular weight is 596 g/mol. The Hall–Kier alpha value is -2.43. The Kier molecular flexibility index (Phi) is 6.91. The van der Waals surface area contributed by atoms with Crippen molar-refractivity contribution in [3.05, 3.63) is 0 Å². The van der Waals surface area contributed by atoms with Crippen molar-refractivity contribution in [2.75, 3.05) is 6.54 Å². The van der Waals surface area contributed by atoms with Gasteiger partial charge in [0.05, 0.1) is 17.8 Å². The van der Waals surface area contributed by atoms with Crippen molar-refractivity contribution in [2.24, 2.45) is 29.1 Å². The average Bonchev–Trinajstić information content (AvgIpc) is 3.78. The first kappa shape index (κ1) is 29.6. The molecule has 4 aliphatic carbocycles. The molecular formula is C29H40F3N5O5. The molecule has 8 atom stereocenters. The highest BCUT2D eigenvalue weighted by Gasteiger charge is 2.70. The number of nitrogens with one attached hydrogen (secondary N) is 3. The number of carbonyl (C=O) groups is 3. The third-order valence-electron chi connectivity index (χ3n) is 10.9.